The fourth-order valence-corrected chi connectivity index (χ4v) is 3.40. The summed E-state index contributed by atoms with van der Waals surface area (Å²) < 4.78 is 40.8. The summed E-state index contributed by atoms with van der Waals surface area (Å²) in [7, 11) is 0. The molecule has 0 aliphatic heterocycles. The summed E-state index contributed by atoms with van der Waals surface area (Å²) in [6, 6.07) is 1.11. The van der Waals surface area contributed by atoms with E-state index in [0.29, 0.717) is 29.0 Å². The van der Waals surface area contributed by atoms with Gasteiger partial charge in [0.05, 0.1) is 11.3 Å². The Morgan fingerprint density at radius 3 is 2.19 bits per heavy atom. The molecule has 0 radical (unpaired) electrons. The zero-order chi connectivity index (χ0) is 15.9. The first kappa shape index (κ1) is 15.4. The molecule has 0 saturated heterocycles. The van der Waals surface area contributed by atoms with Gasteiger partial charge in [-0.1, -0.05) is 13.8 Å². The van der Waals surface area contributed by atoms with Crippen molar-refractivity contribution in [1.29, 1.82) is 0 Å². The van der Waals surface area contributed by atoms with E-state index in [0.717, 1.165) is 0 Å². The number of benzene rings is 1. The molecule has 0 aliphatic rings. The van der Waals surface area contributed by atoms with E-state index in [1.165, 1.54) is 0 Å². The minimum absolute atomic E-state index is 0.0133. The second-order valence-electron chi connectivity index (χ2n) is 4.79. The third-order valence-corrected chi connectivity index (χ3v) is 4.22. The van der Waals surface area contributed by atoms with Crippen LogP contribution in [0.1, 0.15) is 35.0 Å². The number of rotatable bonds is 3. The second kappa shape index (κ2) is 5.40. The monoisotopic (exact) mass is 315 g/mol. The highest BCUT2D eigenvalue weighted by Crippen LogP contribution is 2.44. The Bertz CT molecular complexity index is 702. The van der Waals surface area contributed by atoms with Gasteiger partial charge in [0.1, 0.15) is 22.3 Å². The van der Waals surface area contributed by atoms with E-state index in [9.17, 15) is 18.0 Å². The molecule has 0 unspecified atom stereocenters. The molecule has 0 aliphatic carbocycles. The smallest absolute Gasteiger partial charge is 0.348 e. The molecule has 3 N–H and O–H groups in total. The number of carbonyl (C=O) groups is 1. The molecular formula is C14H12F3NO2S. The molecule has 0 atom stereocenters. The van der Waals surface area contributed by atoms with Gasteiger partial charge in [-0.3, -0.25) is 0 Å². The predicted octanol–water partition coefficient (Wildman–Crippen LogP) is 4.24. The summed E-state index contributed by atoms with van der Waals surface area (Å²) >= 11 is 0.683. The van der Waals surface area contributed by atoms with Crippen LogP contribution in [0.2, 0.25) is 0 Å². The lowest BCUT2D eigenvalue weighted by atomic mass is 9.97. The summed E-state index contributed by atoms with van der Waals surface area (Å²) in [6.07, 6.45) is 0. The molecule has 2 aromatic rings. The van der Waals surface area contributed by atoms with Crippen molar-refractivity contribution in [3.63, 3.8) is 0 Å². The van der Waals surface area contributed by atoms with Crippen molar-refractivity contribution >= 4 is 23.0 Å². The van der Waals surface area contributed by atoms with E-state index in [4.69, 9.17) is 10.8 Å². The average Bonchev–Trinajstić information content (AvgIpc) is 2.65. The summed E-state index contributed by atoms with van der Waals surface area (Å²) in [5, 5.41) is 9.10. The van der Waals surface area contributed by atoms with Gasteiger partial charge in [0.2, 0.25) is 0 Å². The number of nitrogen functional groups attached to an aromatic ring is 1. The van der Waals surface area contributed by atoms with Crippen LogP contribution >= 0.6 is 11.3 Å². The van der Waals surface area contributed by atoms with E-state index in [1.54, 1.807) is 13.8 Å². The molecule has 0 spiro atoms. The van der Waals surface area contributed by atoms with Crippen LogP contribution in [0.4, 0.5) is 18.9 Å². The molecule has 2 rings (SSSR count). The molecule has 0 amide bonds. The summed E-state index contributed by atoms with van der Waals surface area (Å²) in [6.45, 7) is 3.46. The lowest BCUT2D eigenvalue weighted by Gasteiger charge is -2.10. The lowest BCUT2D eigenvalue weighted by Crippen LogP contribution is -2.01. The van der Waals surface area contributed by atoms with Crippen LogP contribution in [0.5, 0.6) is 0 Å². The molecule has 1 heterocycles. The molecule has 1 aromatic heterocycles. The maximum atomic E-state index is 13.9. The molecule has 0 bridgehead atoms. The number of anilines is 1. The highest BCUT2D eigenvalue weighted by atomic mass is 32.1. The number of halogens is 3. The summed E-state index contributed by atoms with van der Waals surface area (Å²) in [4.78, 5) is 11.0. The zero-order valence-corrected chi connectivity index (χ0v) is 12.0. The topological polar surface area (TPSA) is 63.3 Å². The second-order valence-corrected chi connectivity index (χ2v) is 5.81. The normalized spacial score (nSPS) is 11.1. The Morgan fingerprint density at radius 2 is 1.76 bits per heavy atom. The minimum Gasteiger partial charge on any atom is -0.477 e. The molecule has 1 aromatic carbocycles. The number of carboxylic acids is 1. The van der Waals surface area contributed by atoms with Crippen molar-refractivity contribution in [3.8, 4) is 10.4 Å². The van der Waals surface area contributed by atoms with Crippen LogP contribution in [0.3, 0.4) is 0 Å². The molecule has 21 heavy (non-hydrogen) atoms. The van der Waals surface area contributed by atoms with Crippen molar-refractivity contribution in [1.82, 2.24) is 0 Å². The van der Waals surface area contributed by atoms with E-state index in [-0.39, 0.29) is 21.4 Å². The Morgan fingerprint density at radius 1 is 1.24 bits per heavy atom. The first-order chi connectivity index (χ1) is 9.73. The van der Waals surface area contributed by atoms with E-state index in [1.807, 2.05) is 0 Å². The van der Waals surface area contributed by atoms with Gasteiger partial charge in [-0.25, -0.2) is 18.0 Å². The average molecular weight is 315 g/mol. The Hall–Kier alpha value is -2.02. The lowest BCUT2D eigenvalue weighted by molar-refractivity contribution is 0.0703. The van der Waals surface area contributed by atoms with Crippen LogP contribution in [0, 0.1) is 17.5 Å². The molecule has 7 heteroatoms. The Labute approximate surface area is 122 Å². The maximum Gasteiger partial charge on any atom is 0.348 e. The third-order valence-electron chi connectivity index (χ3n) is 2.99. The number of thiophene rings is 1. The SMILES string of the molecule is CC(C)c1c(-c2c(F)cc(F)cc2F)sc(C(=O)O)c1N. The zero-order valence-electron chi connectivity index (χ0n) is 11.2. The highest BCUT2D eigenvalue weighted by molar-refractivity contribution is 7.18. The van der Waals surface area contributed by atoms with Gasteiger partial charge in [-0.15, -0.1) is 11.3 Å². The largest absolute Gasteiger partial charge is 0.477 e. The first-order valence-corrected chi connectivity index (χ1v) is 6.86. The third kappa shape index (κ3) is 2.61. The fraction of sp³-hybridized carbons (Fsp3) is 0.214. The van der Waals surface area contributed by atoms with E-state index >= 15 is 0 Å². The van der Waals surface area contributed by atoms with Crippen molar-refractivity contribution < 1.29 is 23.1 Å². The van der Waals surface area contributed by atoms with E-state index < -0.39 is 29.0 Å². The van der Waals surface area contributed by atoms with Crippen molar-refractivity contribution in [3.05, 3.63) is 40.0 Å². The van der Waals surface area contributed by atoms with Gasteiger partial charge in [-0.05, 0) is 11.5 Å². The maximum absolute atomic E-state index is 13.9. The molecule has 3 nitrogen and oxygen atoms in total. The van der Waals surface area contributed by atoms with Gasteiger partial charge < -0.3 is 10.8 Å². The first-order valence-electron chi connectivity index (χ1n) is 6.04. The number of hydrogen-bond acceptors (Lipinski definition) is 3. The molecule has 0 saturated carbocycles. The molecular weight excluding hydrogens is 303 g/mol. The number of carboxylic acid groups (broad SMARTS) is 1. The van der Waals surface area contributed by atoms with Gasteiger partial charge in [-0.2, -0.15) is 0 Å². The number of nitrogens with two attached hydrogens (primary N) is 1. The molecule has 0 fully saturated rings. The van der Waals surface area contributed by atoms with Crippen LogP contribution in [-0.4, -0.2) is 11.1 Å². The van der Waals surface area contributed by atoms with Crippen molar-refractivity contribution in [2.45, 2.75) is 19.8 Å². The van der Waals surface area contributed by atoms with E-state index in [2.05, 4.69) is 0 Å². The highest BCUT2D eigenvalue weighted by Gasteiger charge is 2.27. The predicted molar refractivity (Wildman–Crippen MR) is 75.1 cm³/mol. The van der Waals surface area contributed by atoms with Crippen molar-refractivity contribution in [2.75, 3.05) is 5.73 Å². The van der Waals surface area contributed by atoms with Crippen molar-refractivity contribution in [2.24, 2.45) is 0 Å². The van der Waals surface area contributed by atoms with Gasteiger partial charge in [0.15, 0.2) is 0 Å². The van der Waals surface area contributed by atoms with Gasteiger partial charge in [0.25, 0.3) is 0 Å². The van der Waals surface area contributed by atoms with Crippen LogP contribution in [0.25, 0.3) is 10.4 Å². The number of hydrogen-bond donors (Lipinski definition) is 2. The van der Waals surface area contributed by atoms with Gasteiger partial charge in [0, 0.05) is 17.0 Å². The standard InChI is InChI=1S/C14H12F3NO2S/c1-5(2)9-11(18)13(14(19)20)21-12(9)10-7(16)3-6(15)4-8(10)17/h3-5H,18H2,1-2H3,(H,19,20). The van der Waals surface area contributed by atoms with Crippen LogP contribution in [0.15, 0.2) is 12.1 Å². The quantitative estimate of drug-likeness (QED) is 0.890. The van der Waals surface area contributed by atoms with Gasteiger partial charge >= 0.3 is 5.97 Å². The Kier molecular flexibility index (Phi) is 3.95. The number of aromatic carboxylic acids is 1. The van der Waals surface area contributed by atoms with Crippen LogP contribution < -0.4 is 5.73 Å². The minimum atomic E-state index is -1.27. The fourth-order valence-electron chi connectivity index (χ4n) is 2.13. The summed E-state index contributed by atoms with van der Waals surface area (Å²) in [5.41, 5.74) is 5.67. The van der Waals surface area contributed by atoms with Crippen LogP contribution in [-0.2, 0) is 0 Å². The summed E-state index contributed by atoms with van der Waals surface area (Å²) in [5.74, 6) is -4.73. The molecule has 112 valence electrons. The Balaban J connectivity index is 2.81.